The van der Waals surface area contributed by atoms with E-state index < -0.39 is 11.8 Å². The van der Waals surface area contributed by atoms with Crippen LogP contribution in [0.1, 0.15) is 28.8 Å². The third-order valence-electron chi connectivity index (χ3n) is 2.82. The van der Waals surface area contributed by atoms with Gasteiger partial charge in [0, 0.05) is 12.5 Å². The zero-order chi connectivity index (χ0) is 15.2. The minimum absolute atomic E-state index is 0.110. The summed E-state index contributed by atoms with van der Waals surface area (Å²) in [4.78, 5) is 22.2. The van der Waals surface area contributed by atoms with Gasteiger partial charge in [-0.1, -0.05) is 0 Å². The Hall–Kier alpha value is -2.34. The SMILES string of the molecule is O=C(O)CCC(=O)c1ccc(OCc2ccsc2)cc1O. The molecule has 0 atom stereocenters. The summed E-state index contributed by atoms with van der Waals surface area (Å²) in [6, 6.07) is 6.33. The van der Waals surface area contributed by atoms with Crippen molar-refractivity contribution in [1.82, 2.24) is 0 Å². The van der Waals surface area contributed by atoms with Crippen LogP contribution in [-0.4, -0.2) is 22.0 Å². The number of carboxylic acid groups (broad SMARTS) is 1. The third-order valence-corrected chi connectivity index (χ3v) is 3.55. The van der Waals surface area contributed by atoms with E-state index in [1.807, 2.05) is 16.8 Å². The molecule has 2 N–H and O–H groups in total. The first kappa shape index (κ1) is 15.1. The van der Waals surface area contributed by atoms with E-state index in [1.165, 1.54) is 12.1 Å². The number of Topliss-reactive ketones (excluding diaryl/α,β-unsaturated/α-hetero) is 1. The lowest BCUT2D eigenvalue weighted by molar-refractivity contribution is -0.136. The first-order valence-electron chi connectivity index (χ1n) is 6.28. The molecule has 2 aromatic rings. The van der Waals surface area contributed by atoms with Crippen molar-refractivity contribution in [2.45, 2.75) is 19.4 Å². The minimum atomic E-state index is -1.04. The zero-order valence-electron chi connectivity index (χ0n) is 11.1. The maximum absolute atomic E-state index is 11.8. The van der Waals surface area contributed by atoms with Crippen molar-refractivity contribution in [1.29, 1.82) is 0 Å². The number of carbonyl (C=O) groups excluding carboxylic acids is 1. The molecular weight excluding hydrogens is 292 g/mol. The number of phenolic OH excluding ortho intramolecular Hbond substituents is 1. The van der Waals surface area contributed by atoms with Crippen molar-refractivity contribution in [3.05, 3.63) is 46.2 Å². The van der Waals surface area contributed by atoms with Crippen LogP contribution in [0.2, 0.25) is 0 Å². The number of ketones is 1. The number of carboxylic acids is 1. The van der Waals surface area contributed by atoms with Crippen molar-refractivity contribution in [2.75, 3.05) is 0 Å². The van der Waals surface area contributed by atoms with Crippen LogP contribution in [0.15, 0.2) is 35.0 Å². The highest BCUT2D eigenvalue weighted by molar-refractivity contribution is 7.07. The van der Waals surface area contributed by atoms with Crippen molar-refractivity contribution in [3.63, 3.8) is 0 Å². The smallest absolute Gasteiger partial charge is 0.303 e. The molecule has 0 aliphatic rings. The van der Waals surface area contributed by atoms with E-state index in [0.717, 1.165) is 5.56 Å². The van der Waals surface area contributed by atoms with Gasteiger partial charge in [0.2, 0.25) is 0 Å². The second kappa shape index (κ2) is 6.90. The van der Waals surface area contributed by atoms with E-state index in [2.05, 4.69) is 0 Å². The molecular formula is C15H14O5S. The summed E-state index contributed by atoms with van der Waals surface area (Å²) in [5.41, 5.74) is 1.14. The lowest BCUT2D eigenvalue weighted by atomic mass is 10.1. The van der Waals surface area contributed by atoms with Gasteiger partial charge in [0.1, 0.15) is 18.1 Å². The summed E-state index contributed by atoms with van der Waals surface area (Å²) < 4.78 is 5.51. The number of hydrogen-bond acceptors (Lipinski definition) is 5. The first-order chi connectivity index (χ1) is 10.1. The lowest BCUT2D eigenvalue weighted by Gasteiger charge is -2.08. The van der Waals surface area contributed by atoms with Crippen molar-refractivity contribution >= 4 is 23.1 Å². The molecule has 0 aliphatic heterocycles. The molecule has 0 bridgehead atoms. The van der Waals surface area contributed by atoms with Crippen LogP contribution in [0.25, 0.3) is 0 Å². The Morgan fingerprint density at radius 3 is 2.62 bits per heavy atom. The first-order valence-corrected chi connectivity index (χ1v) is 7.22. The van der Waals surface area contributed by atoms with E-state index in [1.54, 1.807) is 17.4 Å². The van der Waals surface area contributed by atoms with Gasteiger partial charge in [-0.2, -0.15) is 11.3 Å². The highest BCUT2D eigenvalue weighted by Crippen LogP contribution is 2.25. The molecule has 0 aliphatic carbocycles. The quantitative estimate of drug-likeness (QED) is 0.768. The van der Waals surface area contributed by atoms with E-state index in [9.17, 15) is 14.7 Å². The normalized spacial score (nSPS) is 10.3. The van der Waals surface area contributed by atoms with Crippen LogP contribution in [-0.2, 0) is 11.4 Å². The van der Waals surface area contributed by atoms with Crippen LogP contribution in [0, 0.1) is 0 Å². The van der Waals surface area contributed by atoms with E-state index in [0.29, 0.717) is 12.4 Å². The Bertz CT molecular complexity index is 634. The van der Waals surface area contributed by atoms with Gasteiger partial charge >= 0.3 is 5.97 Å². The van der Waals surface area contributed by atoms with Gasteiger partial charge in [-0.15, -0.1) is 0 Å². The van der Waals surface area contributed by atoms with E-state index >= 15 is 0 Å². The van der Waals surface area contributed by atoms with Gasteiger partial charge in [-0.3, -0.25) is 9.59 Å². The average Bonchev–Trinajstić information content (AvgIpc) is 2.96. The number of aliphatic carboxylic acids is 1. The molecule has 1 aromatic carbocycles. The number of aromatic hydroxyl groups is 1. The van der Waals surface area contributed by atoms with Gasteiger partial charge in [-0.25, -0.2) is 0 Å². The van der Waals surface area contributed by atoms with Crippen LogP contribution >= 0.6 is 11.3 Å². The monoisotopic (exact) mass is 306 g/mol. The summed E-state index contributed by atoms with van der Waals surface area (Å²) in [7, 11) is 0. The number of ether oxygens (including phenoxy) is 1. The highest BCUT2D eigenvalue weighted by Gasteiger charge is 2.13. The summed E-state index contributed by atoms with van der Waals surface area (Å²) in [6.07, 6.45) is -0.396. The van der Waals surface area contributed by atoms with Gasteiger partial charge in [0.25, 0.3) is 0 Å². The summed E-state index contributed by atoms with van der Waals surface area (Å²) in [6.45, 7) is 0.384. The van der Waals surface area contributed by atoms with Gasteiger partial charge in [-0.05, 0) is 34.5 Å². The second-order valence-corrected chi connectivity index (χ2v) is 5.20. The molecule has 0 radical (unpaired) electrons. The second-order valence-electron chi connectivity index (χ2n) is 4.42. The molecule has 0 amide bonds. The molecule has 21 heavy (non-hydrogen) atoms. The molecule has 1 heterocycles. The number of hydrogen-bond donors (Lipinski definition) is 2. The molecule has 0 unspecified atom stereocenters. The van der Waals surface area contributed by atoms with Crippen LogP contribution in [0.5, 0.6) is 11.5 Å². The van der Waals surface area contributed by atoms with E-state index in [4.69, 9.17) is 9.84 Å². The number of rotatable bonds is 7. The largest absolute Gasteiger partial charge is 0.507 e. The summed E-state index contributed by atoms with van der Waals surface area (Å²) >= 11 is 1.57. The number of phenols is 1. The Balaban J connectivity index is 1.99. The summed E-state index contributed by atoms with van der Waals surface area (Å²) in [5.74, 6) is -1.19. The molecule has 0 fully saturated rings. The average molecular weight is 306 g/mol. The summed E-state index contributed by atoms with van der Waals surface area (Å²) in [5, 5.41) is 22.3. The predicted octanol–water partition coefficient (Wildman–Crippen LogP) is 3.08. The Labute approximate surface area is 125 Å². The number of benzene rings is 1. The minimum Gasteiger partial charge on any atom is -0.507 e. The maximum Gasteiger partial charge on any atom is 0.303 e. The maximum atomic E-state index is 11.8. The molecule has 0 saturated heterocycles. The lowest BCUT2D eigenvalue weighted by Crippen LogP contribution is -2.04. The standard InChI is InChI=1S/C15H14O5S/c16-13(3-4-15(18)19)12-2-1-11(7-14(12)17)20-8-10-5-6-21-9-10/h1-2,5-7,9,17H,3-4,8H2,(H,18,19). The number of carbonyl (C=O) groups is 2. The fourth-order valence-electron chi connectivity index (χ4n) is 1.73. The molecule has 2 rings (SSSR count). The topological polar surface area (TPSA) is 83.8 Å². The van der Waals surface area contributed by atoms with Gasteiger partial charge < -0.3 is 14.9 Å². The van der Waals surface area contributed by atoms with E-state index in [-0.39, 0.29) is 24.2 Å². The van der Waals surface area contributed by atoms with Crippen LogP contribution in [0.4, 0.5) is 0 Å². The molecule has 6 heteroatoms. The molecule has 1 aromatic heterocycles. The van der Waals surface area contributed by atoms with Crippen molar-refractivity contribution in [2.24, 2.45) is 0 Å². The predicted molar refractivity (Wildman–Crippen MR) is 78.0 cm³/mol. The molecule has 0 spiro atoms. The molecule has 110 valence electrons. The fourth-order valence-corrected chi connectivity index (χ4v) is 2.39. The van der Waals surface area contributed by atoms with Crippen molar-refractivity contribution in [3.8, 4) is 11.5 Å². The Kier molecular flexibility index (Phi) is 4.94. The Morgan fingerprint density at radius 2 is 2.00 bits per heavy atom. The van der Waals surface area contributed by atoms with Crippen LogP contribution < -0.4 is 4.74 Å². The van der Waals surface area contributed by atoms with Gasteiger partial charge in [0.05, 0.1) is 12.0 Å². The molecule has 0 saturated carbocycles. The van der Waals surface area contributed by atoms with Crippen LogP contribution in [0.3, 0.4) is 0 Å². The fraction of sp³-hybridized carbons (Fsp3) is 0.200. The third kappa shape index (κ3) is 4.32. The zero-order valence-corrected chi connectivity index (χ0v) is 11.9. The molecule has 5 nitrogen and oxygen atoms in total. The highest BCUT2D eigenvalue weighted by atomic mass is 32.1. The van der Waals surface area contributed by atoms with Crippen molar-refractivity contribution < 1.29 is 24.5 Å². The Morgan fingerprint density at radius 1 is 1.19 bits per heavy atom. The number of thiophene rings is 1. The van der Waals surface area contributed by atoms with Gasteiger partial charge in [0.15, 0.2) is 5.78 Å².